The first-order chi connectivity index (χ1) is 12.9. The molecular weight excluding hydrogens is 381 g/mol. The summed E-state index contributed by atoms with van der Waals surface area (Å²) in [6, 6.07) is 8.63. The fourth-order valence-electron chi connectivity index (χ4n) is 3.26. The van der Waals surface area contributed by atoms with E-state index in [0.717, 1.165) is 23.5 Å². The van der Waals surface area contributed by atoms with Gasteiger partial charge in [-0.2, -0.15) is 18.2 Å². The van der Waals surface area contributed by atoms with Gasteiger partial charge in [-0.15, -0.1) is 0 Å². The van der Waals surface area contributed by atoms with E-state index in [9.17, 15) is 18.0 Å². The molecule has 0 radical (unpaired) electrons. The zero-order chi connectivity index (χ0) is 19.2. The molecule has 5 nitrogen and oxygen atoms in total. The van der Waals surface area contributed by atoms with Gasteiger partial charge in [-0.1, -0.05) is 23.7 Å². The summed E-state index contributed by atoms with van der Waals surface area (Å²) in [6.07, 6.45) is -2.76. The van der Waals surface area contributed by atoms with Crippen molar-refractivity contribution in [2.24, 2.45) is 0 Å². The van der Waals surface area contributed by atoms with Crippen LogP contribution in [-0.4, -0.2) is 27.6 Å². The lowest BCUT2D eigenvalue weighted by Gasteiger charge is -2.20. The number of benzene rings is 1. The SMILES string of the molecule is O=c1nc(N2CCCC2)c2ccc(C(F)(F)F)nc2n1-c1ccccc1Cl. The fourth-order valence-corrected chi connectivity index (χ4v) is 3.48. The van der Waals surface area contributed by atoms with Gasteiger partial charge in [0.05, 0.1) is 16.1 Å². The maximum absolute atomic E-state index is 13.2. The summed E-state index contributed by atoms with van der Waals surface area (Å²) >= 11 is 6.18. The Hall–Kier alpha value is -2.61. The van der Waals surface area contributed by atoms with E-state index >= 15 is 0 Å². The van der Waals surface area contributed by atoms with Gasteiger partial charge < -0.3 is 4.90 Å². The van der Waals surface area contributed by atoms with Gasteiger partial charge in [0, 0.05) is 13.1 Å². The molecule has 0 bridgehead atoms. The van der Waals surface area contributed by atoms with E-state index < -0.39 is 17.6 Å². The molecular formula is C18H14ClF3N4O. The molecule has 2 aromatic heterocycles. The van der Waals surface area contributed by atoms with Crippen LogP contribution in [0.3, 0.4) is 0 Å². The molecule has 4 rings (SSSR count). The first kappa shape index (κ1) is 17.8. The van der Waals surface area contributed by atoms with Crippen LogP contribution in [0, 0.1) is 0 Å². The molecule has 0 saturated carbocycles. The van der Waals surface area contributed by atoms with Crippen LogP contribution in [0.4, 0.5) is 19.0 Å². The Balaban J connectivity index is 2.07. The molecule has 27 heavy (non-hydrogen) atoms. The predicted molar refractivity (Wildman–Crippen MR) is 96.6 cm³/mol. The lowest BCUT2D eigenvalue weighted by molar-refractivity contribution is -0.141. The number of alkyl halides is 3. The molecule has 1 aliphatic rings. The van der Waals surface area contributed by atoms with Crippen molar-refractivity contribution in [3.05, 3.63) is 57.6 Å². The second kappa shape index (κ2) is 6.53. The van der Waals surface area contributed by atoms with Gasteiger partial charge in [-0.25, -0.2) is 14.3 Å². The highest BCUT2D eigenvalue weighted by molar-refractivity contribution is 6.32. The van der Waals surface area contributed by atoms with Crippen LogP contribution in [-0.2, 0) is 6.18 Å². The minimum absolute atomic E-state index is 0.111. The van der Waals surface area contributed by atoms with Crippen molar-refractivity contribution in [3.63, 3.8) is 0 Å². The lowest BCUT2D eigenvalue weighted by atomic mass is 10.2. The van der Waals surface area contributed by atoms with Crippen molar-refractivity contribution in [3.8, 4) is 5.69 Å². The summed E-state index contributed by atoms with van der Waals surface area (Å²) in [7, 11) is 0. The van der Waals surface area contributed by atoms with Crippen LogP contribution in [0.25, 0.3) is 16.7 Å². The minimum atomic E-state index is -4.63. The summed E-state index contributed by atoms with van der Waals surface area (Å²) in [4.78, 5) is 22.6. The lowest BCUT2D eigenvalue weighted by Crippen LogP contribution is -2.29. The number of aromatic nitrogens is 3. The third-order valence-electron chi connectivity index (χ3n) is 4.51. The Morgan fingerprint density at radius 2 is 1.70 bits per heavy atom. The normalized spacial score (nSPS) is 14.9. The highest BCUT2D eigenvalue weighted by atomic mass is 35.5. The number of fused-ring (bicyclic) bond motifs is 1. The van der Waals surface area contributed by atoms with E-state index in [1.165, 1.54) is 6.07 Å². The number of hydrogen-bond acceptors (Lipinski definition) is 4. The van der Waals surface area contributed by atoms with Crippen LogP contribution >= 0.6 is 11.6 Å². The van der Waals surface area contributed by atoms with Crippen LogP contribution in [0.5, 0.6) is 0 Å². The van der Waals surface area contributed by atoms with Crippen molar-refractivity contribution in [1.29, 1.82) is 0 Å². The molecule has 0 spiro atoms. The third-order valence-corrected chi connectivity index (χ3v) is 4.83. The Morgan fingerprint density at radius 3 is 2.37 bits per heavy atom. The number of halogens is 4. The zero-order valence-electron chi connectivity index (χ0n) is 14.0. The summed E-state index contributed by atoms with van der Waals surface area (Å²) in [5, 5.41) is 0.597. The van der Waals surface area contributed by atoms with Gasteiger partial charge in [0.2, 0.25) is 0 Å². The Kier molecular flexibility index (Phi) is 4.30. The first-order valence-corrected chi connectivity index (χ1v) is 8.75. The average molecular weight is 395 g/mol. The molecule has 1 aliphatic heterocycles. The van der Waals surface area contributed by atoms with Crippen molar-refractivity contribution >= 4 is 28.5 Å². The molecule has 0 atom stereocenters. The third kappa shape index (κ3) is 3.14. The summed E-state index contributed by atoms with van der Waals surface area (Å²) < 4.78 is 40.7. The van der Waals surface area contributed by atoms with Crippen LogP contribution in [0.15, 0.2) is 41.2 Å². The smallest absolute Gasteiger partial charge is 0.356 e. The quantitative estimate of drug-likeness (QED) is 0.658. The Labute approximate surface area is 157 Å². The van der Waals surface area contributed by atoms with Gasteiger partial charge in [0.25, 0.3) is 0 Å². The maximum atomic E-state index is 13.2. The highest BCUT2D eigenvalue weighted by Gasteiger charge is 2.33. The van der Waals surface area contributed by atoms with Crippen molar-refractivity contribution < 1.29 is 13.2 Å². The van der Waals surface area contributed by atoms with Gasteiger partial charge in [0.1, 0.15) is 11.5 Å². The second-order valence-electron chi connectivity index (χ2n) is 6.26. The van der Waals surface area contributed by atoms with E-state index in [4.69, 9.17) is 11.6 Å². The van der Waals surface area contributed by atoms with Gasteiger partial charge in [-0.3, -0.25) is 0 Å². The number of para-hydroxylation sites is 1. The second-order valence-corrected chi connectivity index (χ2v) is 6.67. The molecule has 0 unspecified atom stereocenters. The Bertz CT molecular complexity index is 1070. The zero-order valence-corrected chi connectivity index (χ0v) is 14.8. The molecule has 3 heterocycles. The van der Waals surface area contributed by atoms with Crippen LogP contribution < -0.4 is 10.6 Å². The Morgan fingerprint density at radius 1 is 1.00 bits per heavy atom. The summed E-state index contributed by atoms with van der Waals surface area (Å²) in [5.74, 6) is 0.358. The van der Waals surface area contributed by atoms with Crippen LogP contribution in [0.2, 0.25) is 5.02 Å². The molecule has 0 aliphatic carbocycles. The molecule has 0 N–H and O–H groups in total. The number of anilines is 1. The van der Waals surface area contributed by atoms with E-state index in [1.807, 2.05) is 4.90 Å². The number of hydrogen-bond donors (Lipinski definition) is 0. The number of rotatable bonds is 2. The van der Waals surface area contributed by atoms with Gasteiger partial charge in [0.15, 0.2) is 5.65 Å². The van der Waals surface area contributed by atoms with Crippen molar-refractivity contribution in [1.82, 2.24) is 14.5 Å². The molecule has 1 aromatic carbocycles. The molecule has 0 amide bonds. The standard InChI is InChI=1S/C18H14ClF3N4O/c19-12-5-1-2-6-13(12)26-16-11(7-8-14(23-16)18(20,21)22)15(24-17(26)27)25-9-3-4-10-25/h1-2,5-8H,3-4,9-10H2. The van der Waals surface area contributed by atoms with Crippen molar-refractivity contribution in [2.45, 2.75) is 19.0 Å². The largest absolute Gasteiger partial charge is 0.433 e. The number of pyridine rings is 1. The van der Waals surface area contributed by atoms with E-state index in [-0.39, 0.29) is 16.4 Å². The van der Waals surface area contributed by atoms with E-state index in [0.29, 0.717) is 24.3 Å². The van der Waals surface area contributed by atoms with Gasteiger partial charge in [-0.05, 0) is 37.1 Å². The summed E-state index contributed by atoms with van der Waals surface area (Å²) in [5.41, 5.74) is -1.67. The van der Waals surface area contributed by atoms with Gasteiger partial charge >= 0.3 is 11.9 Å². The summed E-state index contributed by atoms with van der Waals surface area (Å²) in [6.45, 7) is 1.39. The number of nitrogens with zero attached hydrogens (tertiary/aromatic N) is 4. The predicted octanol–water partition coefficient (Wildman–Crippen LogP) is 4.05. The molecule has 9 heteroatoms. The fraction of sp³-hybridized carbons (Fsp3) is 0.278. The minimum Gasteiger partial charge on any atom is -0.356 e. The van der Waals surface area contributed by atoms with Crippen molar-refractivity contribution in [2.75, 3.05) is 18.0 Å². The van der Waals surface area contributed by atoms with Crippen LogP contribution in [0.1, 0.15) is 18.5 Å². The topological polar surface area (TPSA) is 51.0 Å². The molecule has 140 valence electrons. The molecule has 1 saturated heterocycles. The molecule has 3 aromatic rings. The monoisotopic (exact) mass is 394 g/mol. The average Bonchev–Trinajstić information content (AvgIpc) is 3.15. The van der Waals surface area contributed by atoms with E-state index in [2.05, 4.69) is 9.97 Å². The first-order valence-electron chi connectivity index (χ1n) is 8.37. The van der Waals surface area contributed by atoms with E-state index in [1.54, 1.807) is 24.3 Å². The highest BCUT2D eigenvalue weighted by Crippen LogP contribution is 2.33. The maximum Gasteiger partial charge on any atom is 0.433 e. The molecule has 1 fully saturated rings.